The van der Waals surface area contributed by atoms with Gasteiger partial charge in [-0.1, -0.05) is 90.9 Å². The van der Waals surface area contributed by atoms with E-state index in [9.17, 15) is 9.59 Å². The van der Waals surface area contributed by atoms with Gasteiger partial charge in [0, 0.05) is 21.9 Å². The molecule has 2 amide bonds. The Labute approximate surface area is 231 Å². The van der Waals surface area contributed by atoms with Crippen LogP contribution < -0.4 is 9.64 Å². The molecule has 0 N–H and O–H groups in total. The van der Waals surface area contributed by atoms with Gasteiger partial charge in [0.25, 0.3) is 11.8 Å². The van der Waals surface area contributed by atoms with Crippen LogP contribution in [0.4, 0.5) is 5.69 Å². The zero-order valence-electron chi connectivity index (χ0n) is 24.0. The van der Waals surface area contributed by atoms with Crippen LogP contribution in [0.15, 0.2) is 72.8 Å². The molecule has 1 aliphatic rings. The topological polar surface area (TPSA) is 46.6 Å². The van der Waals surface area contributed by atoms with Crippen molar-refractivity contribution < 1.29 is 14.3 Å². The molecule has 5 rings (SSSR count). The van der Waals surface area contributed by atoms with Crippen LogP contribution in [0.2, 0.25) is 0 Å². The fraction of sp³-hybridized carbons (Fsp3) is 0.314. The van der Waals surface area contributed by atoms with Crippen LogP contribution in [0.5, 0.6) is 11.5 Å². The van der Waals surface area contributed by atoms with Crippen molar-refractivity contribution in [3.63, 3.8) is 0 Å². The van der Waals surface area contributed by atoms with Gasteiger partial charge in [-0.25, -0.2) is 4.90 Å². The highest BCUT2D eigenvalue weighted by Crippen LogP contribution is 2.42. The smallest absolute Gasteiger partial charge is 0.266 e. The minimum absolute atomic E-state index is 0.0923. The van der Waals surface area contributed by atoms with Gasteiger partial charge in [-0.15, -0.1) is 0 Å². The van der Waals surface area contributed by atoms with Crippen molar-refractivity contribution in [3.05, 3.63) is 101 Å². The third kappa shape index (κ3) is 4.52. The lowest BCUT2D eigenvalue weighted by Crippen LogP contribution is -2.41. The molecule has 0 radical (unpaired) electrons. The predicted molar refractivity (Wildman–Crippen MR) is 160 cm³/mol. The van der Waals surface area contributed by atoms with Gasteiger partial charge in [0.05, 0.1) is 5.69 Å². The van der Waals surface area contributed by atoms with Crippen LogP contribution in [0.25, 0.3) is 10.8 Å². The highest BCUT2D eigenvalue weighted by molar-refractivity contribution is 6.36. The number of anilines is 1. The van der Waals surface area contributed by atoms with Crippen molar-refractivity contribution in [2.45, 2.75) is 72.1 Å². The number of nitrogens with zero attached hydrogens (tertiary/aromatic N) is 1. The quantitative estimate of drug-likeness (QED) is 0.229. The van der Waals surface area contributed by atoms with Gasteiger partial charge >= 0.3 is 0 Å². The maximum absolute atomic E-state index is 14.1. The van der Waals surface area contributed by atoms with Crippen LogP contribution in [0, 0.1) is 0 Å². The van der Waals surface area contributed by atoms with Gasteiger partial charge in [-0.05, 0) is 70.7 Å². The molecular formula is C35H37NO3. The molecule has 0 saturated carbocycles. The van der Waals surface area contributed by atoms with Gasteiger partial charge in [-0.3, -0.25) is 9.59 Å². The van der Waals surface area contributed by atoms with E-state index in [0.29, 0.717) is 28.0 Å². The van der Waals surface area contributed by atoms with E-state index >= 15 is 0 Å². The second-order valence-corrected chi connectivity index (χ2v) is 11.7. The summed E-state index contributed by atoms with van der Waals surface area (Å²) in [5.41, 5.74) is 5.08. The largest absolute Gasteiger partial charge is 0.457 e. The van der Waals surface area contributed by atoms with Gasteiger partial charge < -0.3 is 4.74 Å². The zero-order valence-corrected chi connectivity index (χ0v) is 24.0. The molecule has 4 aromatic carbocycles. The Morgan fingerprint density at radius 2 is 1.31 bits per heavy atom. The van der Waals surface area contributed by atoms with E-state index < -0.39 is 0 Å². The molecule has 200 valence electrons. The molecule has 1 heterocycles. The van der Waals surface area contributed by atoms with Crippen LogP contribution in [0.1, 0.15) is 104 Å². The molecule has 4 aromatic rings. The monoisotopic (exact) mass is 519 g/mol. The third-order valence-electron chi connectivity index (χ3n) is 8.18. The van der Waals surface area contributed by atoms with E-state index in [2.05, 4.69) is 60.6 Å². The number of hydrogen-bond acceptors (Lipinski definition) is 3. The van der Waals surface area contributed by atoms with Crippen molar-refractivity contribution in [2.24, 2.45) is 0 Å². The highest BCUT2D eigenvalue weighted by atomic mass is 16.5. The van der Waals surface area contributed by atoms with Crippen molar-refractivity contribution in [3.8, 4) is 11.5 Å². The average Bonchev–Trinajstić information content (AvgIpc) is 2.92. The van der Waals surface area contributed by atoms with Crippen molar-refractivity contribution in [1.82, 2.24) is 0 Å². The number of para-hydroxylation sites is 1. The molecule has 39 heavy (non-hydrogen) atoms. The Morgan fingerprint density at radius 3 is 1.87 bits per heavy atom. The summed E-state index contributed by atoms with van der Waals surface area (Å²) in [5, 5.41) is 1.41. The van der Waals surface area contributed by atoms with Crippen molar-refractivity contribution >= 4 is 28.3 Å². The first-order chi connectivity index (χ1) is 18.5. The molecule has 0 bridgehead atoms. The van der Waals surface area contributed by atoms with Gasteiger partial charge in [0.2, 0.25) is 0 Å². The number of benzene rings is 4. The summed E-state index contributed by atoms with van der Waals surface area (Å²) in [5.74, 6) is 1.06. The van der Waals surface area contributed by atoms with E-state index in [1.807, 2.05) is 54.6 Å². The number of hydrogen-bond donors (Lipinski definition) is 0. The summed E-state index contributed by atoms with van der Waals surface area (Å²) >= 11 is 0. The molecule has 0 atom stereocenters. The SMILES string of the molecule is CCC(C)(C)c1ccc(Oc2ccc3c4c(cccc24)C(=O)N(c2c(C(C)C)cccc2C(C)C)C3=O)cc1. The summed E-state index contributed by atoms with van der Waals surface area (Å²) in [6, 6.07) is 23.5. The lowest BCUT2D eigenvalue weighted by atomic mass is 9.82. The molecule has 4 heteroatoms. The first-order valence-electron chi connectivity index (χ1n) is 13.9. The Hall–Kier alpha value is -3.92. The number of carbonyl (C=O) groups excluding carboxylic acids is 2. The Balaban J connectivity index is 1.60. The summed E-state index contributed by atoms with van der Waals surface area (Å²) in [4.78, 5) is 29.5. The van der Waals surface area contributed by atoms with Crippen molar-refractivity contribution in [1.29, 1.82) is 0 Å². The van der Waals surface area contributed by atoms with E-state index in [1.54, 1.807) is 6.07 Å². The average molecular weight is 520 g/mol. The molecule has 1 aliphatic heterocycles. The van der Waals surface area contributed by atoms with Crippen LogP contribution in [-0.4, -0.2) is 11.8 Å². The lowest BCUT2D eigenvalue weighted by Gasteiger charge is -2.32. The summed E-state index contributed by atoms with van der Waals surface area (Å²) in [6.45, 7) is 15.0. The minimum Gasteiger partial charge on any atom is -0.457 e. The lowest BCUT2D eigenvalue weighted by molar-refractivity contribution is 0.0893. The number of imide groups is 1. The molecule has 0 aliphatic carbocycles. The second-order valence-electron chi connectivity index (χ2n) is 11.7. The molecule has 0 saturated heterocycles. The third-order valence-corrected chi connectivity index (χ3v) is 8.18. The molecule has 0 unspecified atom stereocenters. The summed E-state index contributed by atoms with van der Waals surface area (Å²) < 4.78 is 6.32. The normalized spacial score (nSPS) is 13.6. The first kappa shape index (κ1) is 26.7. The van der Waals surface area contributed by atoms with Crippen LogP contribution in [-0.2, 0) is 5.41 Å². The summed E-state index contributed by atoms with van der Waals surface area (Å²) in [6.07, 6.45) is 1.04. The summed E-state index contributed by atoms with van der Waals surface area (Å²) in [7, 11) is 0. The standard InChI is InChI=1S/C35H37NO3/c1-8-35(6,7)23-15-17-24(18-16-23)39-30-20-19-29-31-27(30)13-10-14-28(31)33(37)36(34(29)38)32-25(21(2)3)11-9-12-26(32)22(4)5/h9-22H,8H2,1-7H3. The molecule has 0 fully saturated rings. The predicted octanol–water partition coefficient (Wildman–Crippen LogP) is 9.37. The van der Waals surface area contributed by atoms with E-state index in [1.165, 1.54) is 10.5 Å². The zero-order chi connectivity index (χ0) is 28.1. The molecular weight excluding hydrogens is 482 g/mol. The van der Waals surface area contributed by atoms with Crippen molar-refractivity contribution in [2.75, 3.05) is 4.90 Å². The highest BCUT2D eigenvalue weighted by Gasteiger charge is 2.37. The number of carbonyl (C=O) groups is 2. The Bertz CT molecular complexity index is 1530. The fourth-order valence-electron chi connectivity index (χ4n) is 5.44. The van der Waals surface area contributed by atoms with Gasteiger partial charge in [0.1, 0.15) is 11.5 Å². The van der Waals surface area contributed by atoms with E-state index in [0.717, 1.165) is 28.6 Å². The molecule has 0 aromatic heterocycles. The first-order valence-corrected chi connectivity index (χ1v) is 13.9. The number of amides is 2. The fourth-order valence-corrected chi connectivity index (χ4v) is 5.44. The van der Waals surface area contributed by atoms with E-state index in [4.69, 9.17) is 4.74 Å². The van der Waals surface area contributed by atoms with E-state index in [-0.39, 0.29) is 29.1 Å². The maximum Gasteiger partial charge on any atom is 0.266 e. The Morgan fingerprint density at radius 1 is 0.744 bits per heavy atom. The van der Waals surface area contributed by atoms with Crippen LogP contribution >= 0.6 is 0 Å². The number of rotatable bonds is 7. The van der Waals surface area contributed by atoms with Crippen LogP contribution in [0.3, 0.4) is 0 Å². The second kappa shape index (κ2) is 10.00. The van der Waals surface area contributed by atoms with Gasteiger partial charge in [-0.2, -0.15) is 0 Å². The maximum atomic E-state index is 14.1. The van der Waals surface area contributed by atoms with Gasteiger partial charge in [0.15, 0.2) is 0 Å². The molecule has 0 spiro atoms. The molecule has 4 nitrogen and oxygen atoms in total. The number of ether oxygens (including phenoxy) is 1. The Kier molecular flexibility index (Phi) is 6.84. The minimum atomic E-state index is -0.295.